The molecule has 1 unspecified atom stereocenters. The van der Waals surface area contributed by atoms with Gasteiger partial charge in [0, 0.05) is 17.1 Å². The molecule has 166 valence electrons. The van der Waals surface area contributed by atoms with Crippen molar-refractivity contribution in [3.8, 4) is 0 Å². The van der Waals surface area contributed by atoms with Crippen LogP contribution in [0.5, 0.6) is 0 Å². The first-order valence-corrected chi connectivity index (χ1v) is 12.4. The summed E-state index contributed by atoms with van der Waals surface area (Å²) in [5, 5.41) is 3.41. The van der Waals surface area contributed by atoms with Crippen LogP contribution in [-0.2, 0) is 17.1 Å². The Labute approximate surface area is 191 Å². The largest absolute Gasteiger partial charge is 0.325 e. The number of thiophene rings is 1. The van der Waals surface area contributed by atoms with Gasteiger partial charge in [-0.1, -0.05) is 26.0 Å². The van der Waals surface area contributed by atoms with Crippen LogP contribution in [0.1, 0.15) is 42.6 Å². The molecule has 3 rings (SSSR count). The molecule has 8 heteroatoms. The summed E-state index contributed by atoms with van der Waals surface area (Å²) < 4.78 is 0. The maximum absolute atomic E-state index is 12.7. The monoisotopic (exact) mass is 458 g/mol. The van der Waals surface area contributed by atoms with E-state index in [4.69, 9.17) is 0 Å². The van der Waals surface area contributed by atoms with Crippen LogP contribution in [0.25, 0.3) is 10.2 Å². The first-order chi connectivity index (χ1) is 14.8. The number of amides is 1. The van der Waals surface area contributed by atoms with E-state index in [2.05, 4.69) is 40.1 Å². The standard InChI is InChI=1S/C23H30N4O2S2/c1-6-27(7-2)12-17-9-8-10-18(11-17)24-21(28)16(5)30-13-19-25-22(29)20-14(3)15(4)31-23(20)26-19/h8-11,16H,6-7,12-13H2,1-5H3,(H,24,28)(H,25,26,29). The third kappa shape index (κ3) is 5.75. The normalized spacial score (nSPS) is 12.5. The van der Waals surface area contributed by atoms with Gasteiger partial charge in [0.25, 0.3) is 5.56 Å². The fourth-order valence-electron chi connectivity index (χ4n) is 3.34. The molecule has 0 aliphatic carbocycles. The Morgan fingerprint density at radius 3 is 2.74 bits per heavy atom. The van der Waals surface area contributed by atoms with Gasteiger partial charge < -0.3 is 10.3 Å². The lowest BCUT2D eigenvalue weighted by molar-refractivity contribution is -0.115. The lowest BCUT2D eigenvalue weighted by Crippen LogP contribution is -2.24. The molecule has 2 N–H and O–H groups in total. The first-order valence-electron chi connectivity index (χ1n) is 10.5. The van der Waals surface area contributed by atoms with Crippen LogP contribution in [0.15, 0.2) is 29.1 Å². The van der Waals surface area contributed by atoms with Gasteiger partial charge >= 0.3 is 0 Å². The molecule has 2 heterocycles. The van der Waals surface area contributed by atoms with E-state index in [1.807, 2.05) is 39.0 Å². The van der Waals surface area contributed by atoms with E-state index in [0.717, 1.165) is 40.6 Å². The number of fused-ring (bicyclic) bond motifs is 1. The molecule has 3 aromatic rings. The molecule has 1 atom stereocenters. The van der Waals surface area contributed by atoms with E-state index in [-0.39, 0.29) is 16.7 Å². The highest BCUT2D eigenvalue weighted by Crippen LogP contribution is 2.26. The van der Waals surface area contributed by atoms with E-state index in [9.17, 15) is 9.59 Å². The second kappa shape index (κ2) is 10.4. The number of carbonyl (C=O) groups is 1. The topological polar surface area (TPSA) is 78.1 Å². The third-order valence-electron chi connectivity index (χ3n) is 5.42. The number of anilines is 1. The number of thioether (sulfide) groups is 1. The number of hydrogen-bond donors (Lipinski definition) is 2. The molecular formula is C23H30N4O2S2. The van der Waals surface area contributed by atoms with E-state index < -0.39 is 0 Å². The van der Waals surface area contributed by atoms with Crippen molar-refractivity contribution in [2.45, 2.75) is 52.2 Å². The average molecular weight is 459 g/mol. The van der Waals surface area contributed by atoms with Crippen LogP contribution in [0.4, 0.5) is 5.69 Å². The second-order valence-electron chi connectivity index (χ2n) is 7.58. The minimum absolute atomic E-state index is 0.0590. The van der Waals surface area contributed by atoms with Crippen molar-refractivity contribution < 1.29 is 4.79 Å². The number of hydrogen-bond acceptors (Lipinski definition) is 6. The van der Waals surface area contributed by atoms with Gasteiger partial charge in [0.05, 0.1) is 16.4 Å². The number of aromatic nitrogens is 2. The highest BCUT2D eigenvalue weighted by molar-refractivity contribution is 7.99. The zero-order valence-corrected chi connectivity index (χ0v) is 20.4. The van der Waals surface area contributed by atoms with E-state index in [1.54, 1.807) is 0 Å². The molecule has 0 bridgehead atoms. The molecule has 1 amide bonds. The molecule has 0 aliphatic rings. The fourth-order valence-corrected chi connectivity index (χ4v) is 5.15. The lowest BCUT2D eigenvalue weighted by Gasteiger charge is -2.18. The van der Waals surface area contributed by atoms with Gasteiger partial charge in [-0.25, -0.2) is 4.98 Å². The summed E-state index contributed by atoms with van der Waals surface area (Å²) in [5.41, 5.74) is 2.87. The predicted octanol–water partition coefficient (Wildman–Crippen LogP) is 4.70. The Kier molecular flexibility index (Phi) is 7.91. The number of aryl methyl sites for hydroxylation is 2. The molecule has 2 aromatic heterocycles. The molecule has 0 saturated carbocycles. The highest BCUT2D eigenvalue weighted by atomic mass is 32.2. The number of nitrogens with zero attached hydrogens (tertiary/aromatic N) is 2. The molecule has 0 fully saturated rings. The minimum atomic E-state index is -0.278. The van der Waals surface area contributed by atoms with E-state index in [0.29, 0.717) is 17.0 Å². The van der Waals surface area contributed by atoms with Crippen LogP contribution >= 0.6 is 23.1 Å². The Bertz CT molecular complexity index is 1120. The predicted molar refractivity (Wildman–Crippen MR) is 132 cm³/mol. The number of H-pyrrole nitrogens is 1. The van der Waals surface area contributed by atoms with Crippen molar-refractivity contribution in [2.75, 3.05) is 18.4 Å². The molecule has 0 radical (unpaired) electrons. The lowest BCUT2D eigenvalue weighted by atomic mass is 10.2. The zero-order valence-electron chi connectivity index (χ0n) is 18.7. The molecule has 0 spiro atoms. The number of rotatable bonds is 9. The quantitative estimate of drug-likeness (QED) is 0.486. The molecular weight excluding hydrogens is 428 g/mol. The van der Waals surface area contributed by atoms with Crippen molar-refractivity contribution >= 4 is 44.9 Å². The fraction of sp³-hybridized carbons (Fsp3) is 0.435. The van der Waals surface area contributed by atoms with Gasteiger partial charge in [0.2, 0.25) is 5.91 Å². The minimum Gasteiger partial charge on any atom is -0.325 e. The van der Waals surface area contributed by atoms with Crippen molar-refractivity contribution in [1.82, 2.24) is 14.9 Å². The van der Waals surface area contributed by atoms with Crippen molar-refractivity contribution in [3.63, 3.8) is 0 Å². The SMILES string of the molecule is CCN(CC)Cc1cccc(NC(=O)C(C)SCc2nc3sc(C)c(C)c3c(=O)[nH]2)c1. The van der Waals surface area contributed by atoms with Gasteiger partial charge in [-0.3, -0.25) is 14.5 Å². The second-order valence-corrected chi connectivity index (χ2v) is 10.1. The van der Waals surface area contributed by atoms with Crippen LogP contribution in [0.3, 0.4) is 0 Å². The summed E-state index contributed by atoms with van der Waals surface area (Å²) in [4.78, 5) is 36.8. The molecule has 31 heavy (non-hydrogen) atoms. The maximum atomic E-state index is 12.7. The number of carbonyl (C=O) groups excluding carboxylic acids is 1. The highest BCUT2D eigenvalue weighted by Gasteiger charge is 2.16. The van der Waals surface area contributed by atoms with E-state index in [1.165, 1.54) is 28.7 Å². The Morgan fingerprint density at radius 1 is 1.29 bits per heavy atom. The Balaban J connectivity index is 1.61. The van der Waals surface area contributed by atoms with Gasteiger partial charge in [0.15, 0.2) is 0 Å². The van der Waals surface area contributed by atoms with Crippen LogP contribution in [0.2, 0.25) is 0 Å². The molecule has 6 nitrogen and oxygen atoms in total. The molecule has 0 saturated heterocycles. The Morgan fingerprint density at radius 2 is 2.03 bits per heavy atom. The summed E-state index contributed by atoms with van der Waals surface area (Å²) in [7, 11) is 0. The van der Waals surface area contributed by atoms with Crippen LogP contribution in [0, 0.1) is 13.8 Å². The Hall–Kier alpha value is -2.16. The van der Waals surface area contributed by atoms with Crippen LogP contribution in [-0.4, -0.2) is 39.1 Å². The maximum Gasteiger partial charge on any atom is 0.259 e. The third-order valence-corrected chi connectivity index (χ3v) is 7.68. The van der Waals surface area contributed by atoms with Gasteiger partial charge in [0.1, 0.15) is 10.7 Å². The van der Waals surface area contributed by atoms with E-state index >= 15 is 0 Å². The van der Waals surface area contributed by atoms with Gasteiger partial charge in [-0.2, -0.15) is 0 Å². The number of benzene rings is 1. The summed E-state index contributed by atoms with van der Waals surface area (Å²) in [6.45, 7) is 13.0. The summed E-state index contributed by atoms with van der Waals surface area (Å²) >= 11 is 2.99. The summed E-state index contributed by atoms with van der Waals surface area (Å²) in [6, 6.07) is 8.00. The van der Waals surface area contributed by atoms with Gasteiger partial charge in [-0.05, 0) is 57.1 Å². The smallest absolute Gasteiger partial charge is 0.259 e. The summed E-state index contributed by atoms with van der Waals surface area (Å²) in [5.74, 6) is 1.01. The van der Waals surface area contributed by atoms with Crippen molar-refractivity contribution in [1.29, 1.82) is 0 Å². The average Bonchev–Trinajstić information content (AvgIpc) is 3.04. The van der Waals surface area contributed by atoms with Crippen molar-refractivity contribution in [3.05, 3.63) is 56.4 Å². The number of aromatic amines is 1. The van der Waals surface area contributed by atoms with Crippen LogP contribution < -0.4 is 10.9 Å². The first kappa shape index (κ1) is 23.5. The number of nitrogens with one attached hydrogen (secondary N) is 2. The molecule has 1 aromatic carbocycles. The van der Waals surface area contributed by atoms with Gasteiger partial charge in [-0.15, -0.1) is 23.1 Å². The zero-order chi connectivity index (χ0) is 22.5. The molecule has 0 aliphatic heterocycles. The summed E-state index contributed by atoms with van der Waals surface area (Å²) in [6.07, 6.45) is 0. The van der Waals surface area contributed by atoms with Crippen molar-refractivity contribution in [2.24, 2.45) is 0 Å².